The number of likely N-dealkylation sites (N-methyl/N-ethyl adjacent to an activating group) is 1. The van der Waals surface area contributed by atoms with E-state index in [-0.39, 0.29) is 31.4 Å². The van der Waals surface area contributed by atoms with Crippen LogP contribution in [0.15, 0.2) is 53.0 Å². The molecule has 13 heteroatoms. The first-order chi connectivity index (χ1) is 23.1. The minimum atomic E-state index is -1.44. The fourth-order valence-corrected chi connectivity index (χ4v) is 8.48. The molecule has 12 nitrogen and oxygen atoms in total. The Hall–Kier alpha value is -3.10. The van der Waals surface area contributed by atoms with Gasteiger partial charge in [0.25, 0.3) is 0 Å². The molecule has 3 fully saturated rings. The van der Waals surface area contributed by atoms with Gasteiger partial charge in [-0.25, -0.2) is 0 Å². The van der Waals surface area contributed by atoms with Crippen LogP contribution in [0.5, 0.6) is 0 Å². The third kappa shape index (κ3) is 6.24. The molecule has 0 saturated carbocycles. The molecule has 3 saturated heterocycles. The van der Waals surface area contributed by atoms with Crippen molar-refractivity contribution in [1.29, 1.82) is 0 Å². The molecule has 5 heterocycles. The van der Waals surface area contributed by atoms with Crippen molar-refractivity contribution < 1.29 is 38.5 Å². The van der Waals surface area contributed by atoms with Gasteiger partial charge in [0, 0.05) is 50.7 Å². The van der Waals surface area contributed by atoms with Crippen LogP contribution in [-0.4, -0.2) is 138 Å². The Bertz CT molecular complexity index is 1450. The molecule has 5 aliphatic heterocycles. The maximum Gasteiger partial charge on any atom is 0.313 e. The predicted molar refractivity (Wildman–Crippen MR) is 178 cm³/mol. The van der Waals surface area contributed by atoms with Crippen molar-refractivity contribution in [2.45, 2.75) is 62.6 Å². The quantitative estimate of drug-likeness (QED) is 0.345. The number of allylic oxidation sites excluding steroid dienone is 1. The summed E-state index contributed by atoms with van der Waals surface area (Å²) in [6.07, 6.45) is 4.60. The maximum absolute atomic E-state index is 14.8. The number of nitrogens with zero attached hydrogens (tertiary/aromatic N) is 4. The van der Waals surface area contributed by atoms with E-state index in [1.54, 1.807) is 29.8 Å². The van der Waals surface area contributed by atoms with Crippen LogP contribution in [0.1, 0.15) is 38.4 Å². The number of carbonyl (C=O) groups is 4. The molecule has 1 aromatic rings. The molecule has 48 heavy (non-hydrogen) atoms. The molecule has 0 aromatic heterocycles. The maximum atomic E-state index is 14.8. The summed E-state index contributed by atoms with van der Waals surface area (Å²) in [5.74, 6) is -3.61. The van der Waals surface area contributed by atoms with Crippen molar-refractivity contribution in [2.75, 3.05) is 59.6 Å². The lowest BCUT2D eigenvalue weighted by atomic mass is 9.74. The molecule has 5 aliphatic rings. The van der Waals surface area contributed by atoms with Crippen LogP contribution in [0.3, 0.4) is 0 Å². The van der Waals surface area contributed by atoms with Crippen LogP contribution in [0, 0.1) is 11.8 Å². The number of fused-ring (bicyclic) bond motifs is 2. The highest BCUT2D eigenvalue weighted by Crippen LogP contribution is 2.59. The van der Waals surface area contributed by atoms with Gasteiger partial charge in [0.1, 0.15) is 29.8 Å². The number of amides is 3. The van der Waals surface area contributed by atoms with E-state index in [4.69, 9.17) is 14.2 Å². The number of hydrogen-bond donors (Lipinski definition) is 1. The molecule has 6 rings (SSSR count). The molecule has 0 radical (unpaired) electrons. The SMILES string of the molecule is C[C@@H]1[C@@H](c2ccccc2)OC(=O)[C@@H]2[C@H]3O[C@@]4(C=C3Br)[C@H](C(=O)N(CCN3CCOCC3)C/C=C\CCC(=O)N1C)N([C@H](C)CO)C(=O)[C@@H]24. The zero-order chi connectivity index (χ0) is 34.2. The molecule has 8 atom stereocenters. The number of esters is 1. The number of rotatable bonds is 6. The van der Waals surface area contributed by atoms with E-state index in [0.717, 1.165) is 13.1 Å². The van der Waals surface area contributed by atoms with Gasteiger partial charge in [-0.3, -0.25) is 24.1 Å². The topological polar surface area (TPSA) is 129 Å². The van der Waals surface area contributed by atoms with Gasteiger partial charge in [-0.05, 0) is 31.9 Å². The van der Waals surface area contributed by atoms with Crippen LogP contribution < -0.4 is 0 Å². The fourth-order valence-electron chi connectivity index (χ4n) is 7.74. The Labute approximate surface area is 289 Å². The van der Waals surface area contributed by atoms with Crippen molar-refractivity contribution in [3.05, 3.63) is 58.6 Å². The molecule has 0 aliphatic carbocycles. The monoisotopic (exact) mass is 728 g/mol. The lowest BCUT2D eigenvalue weighted by Crippen LogP contribution is -2.58. The number of cyclic esters (lactones) is 1. The first-order valence-electron chi connectivity index (χ1n) is 16.8. The van der Waals surface area contributed by atoms with Gasteiger partial charge in [0.15, 0.2) is 0 Å². The minimum absolute atomic E-state index is 0.107. The zero-order valence-electron chi connectivity index (χ0n) is 27.7. The van der Waals surface area contributed by atoms with Gasteiger partial charge in [0.2, 0.25) is 17.7 Å². The highest BCUT2D eigenvalue weighted by molar-refractivity contribution is 9.11. The lowest BCUT2D eigenvalue weighted by molar-refractivity contribution is -0.164. The summed E-state index contributed by atoms with van der Waals surface area (Å²) in [6.45, 7) is 7.15. The Morgan fingerprint density at radius 2 is 1.75 bits per heavy atom. The molecule has 0 unspecified atom stereocenters. The number of ether oxygens (including phenoxy) is 3. The van der Waals surface area contributed by atoms with Crippen molar-refractivity contribution in [3.8, 4) is 0 Å². The second-order valence-corrected chi connectivity index (χ2v) is 14.3. The molecule has 5 bridgehead atoms. The smallest absolute Gasteiger partial charge is 0.313 e. The lowest BCUT2D eigenvalue weighted by Gasteiger charge is -2.38. The van der Waals surface area contributed by atoms with Crippen molar-refractivity contribution in [3.63, 3.8) is 0 Å². The van der Waals surface area contributed by atoms with Crippen LogP contribution in [0.4, 0.5) is 0 Å². The largest absolute Gasteiger partial charge is 0.455 e. The Balaban J connectivity index is 1.41. The van der Waals surface area contributed by atoms with E-state index in [9.17, 15) is 24.3 Å². The average Bonchev–Trinajstić information content (AvgIpc) is 3.70. The number of carbonyl (C=O) groups excluding carboxylic acids is 4. The molecule has 1 aromatic carbocycles. The summed E-state index contributed by atoms with van der Waals surface area (Å²) in [5.41, 5.74) is -0.734. The van der Waals surface area contributed by atoms with Crippen molar-refractivity contribution in [2.24, 2.45) is 11.8 Å². The summed E-state index contributed by atoms with van der Waals surface area (Å²) in [5, 5.41) is 10.3. The number of aliphatic hydroxyl groups excluding tert-OH is 1. The Kier molecular flexibility index (Phi) is 10.4. The zero-order valence-corrected chi connectivity index (χ0v) is 29.3. The van der Waals surface area contributed by atoms with Gasteiger partial charge in [-0.2, -0.15) is 0 Å². The van der Waals surface area contributed by atoms with Crippen LogP contribution in [0.2, 0.25) is 0 Å². The number of hydrogen-bond acceptors (Lipinski definition) is 9. The molecular weight excluding hydrogens is 684 g/mol. The summed E-state index contributed by atoms with van der Waals surface area (Å²) in [4.78, 5) is 64.0. The first-order valence-corrected chi connectivity index (χ1v) is 17.6. The summed E-state index contributed by atoms with van der Waals surface area (Å²) in [6, 6.07) is 6.89. The van der Waals surface area contributed by atoms with Crippen molar-refractivity contribution >= 4 is 39.6 Å². The fraction of sp³-hybridized carbons (Fsp3) is 0.600. The second kappa shape index (κ2) is 14.4. The van der Waals surface area contributed by atoms with E-state index in [1.807, 2.05) is 49.4 Å². The molecule has 1 spiro atoms. The average molecular weight is 730 g/mol. The second-order valence-electron chi connectivity index (χ2n) is 13.4. The third-order valence-corrected chi connectivity index (χ3v) is 11.2. The number of halogens is 1. The molecule has 1 N–H and O–H groups in total. The van der Waals surface area contributed by atoms with Gasteiger partial charge >= 0.3 is 5.97 Å². The van der Waals surface area contributed by atoms with Gasteiger partial charge in [-0.15, -0.1) is 0 Å². The normalized spacial score (nSPS) is 34.7. The van der Waals surface area contributed by atoms with E-state index in [1.165, 1.54) is 4.90 Å². The van der Waals surface area contributed by atoms with Crippen molar-refractivity contribution in [1.82, 2.24) is 19.6 Å². The number of likely N-dealkylation sites (tertiary alicyclic amines) is 1. The summed E-state index contributed by atoms with van der Waals surface area (Å²) >= 11 is 3.60. The Morgan fingerprint density at radius 1 is 1.02 bits per heavy atom. The van der Waals surface area contributed by atoms with E-state index >= 15 is 0 Å². The van der Waals surface area contributed by atoms with Gasteiger partial charge in [-0.1, -0.05) is 58.4 Å². The highest BCUT2D eigenvalue weighted by atomic mass is 79.9. The highest BCUT2D eigenvalue weighted by Gasteiger charge is 2.75. The first kappa shape index (κ1) is 34.8. The third-order valence-electron chi connectivity index (χ3n) is 10.5. The number of benzene rings is 1. The number of morpholine rings is 1. The molecule has 3 amide bonds. The van der Waals surface area contributed by atoms with E-state index < -0.39 is 59.6 Å². The van der Waals surface area contributed by atoms with Crippen LogP contribution in [0.25, 0.3) is 0 Å². The summed E-state index contributed by atoms with van der Waals surface area (Å²) < 4.78 is 19.0. The van der Waals surface area contributed by atoms with E-state index in [2.05, 4.69) is 20.8 Å². The Morgan fingerprint density at radius 3 is 2.46 bits per heavy atom. The molecular formula is C35H45BrN4O8. The standard InChI is InChI=1S/C35H45BrN4O8/c1-22(21-41)40-31-33(44)39(15-14-38-16-18-46-19-17-38)13-9-5-8-12-26(42)37(3)23(2)29(24-10-6-4-7-11-24)47-34(45)27-28(32(40)43)35(31)20-25(36)30(27)48-35/h4-7,9-11,20,22-23,27-31,41H,8,12-19,21H2,1-3H3/b9-5-/t22-,23-,27+,28-,29+,30+,31+,35-/m1/s1. The minimum Gasteiger partial charge on any atom is -0.455 e. The van der Waals surface area contributed by atoms with Crippen LogP contribution in [-0.2, 0) is 33.4 Å². The predicted octanol–water partition coefficient (Wildman–Crippen LogP) is 1.88. The van der Waals surface area contributed by atoms with Gasteiger partial charge < -0.3 is 34.0 Å². The van der Waals surface area contributed by atoms with Crippen LogP contribution >= 0.6 is 15.9 Å². The number of aliphatic hydroxyl groups is 1. The molecule has 260 valence electrons. The summed E-state index contributed by atoms with van der Waals surface area (Å²) in [7, 11) is 1.70. The van der Waals surface area contributed by atoms with Gasteiger partial charge in [0.05, 0.1) is 37.8 Å². The van der Waals surface area contributed by atoms with E-state index in [0.29, 0.717) is 42.8 Å².